The number of aliphatic hydroxyl groups excluding tert-OH is 1. The molecule has 1 fully saturated rings. The summed E-state index contributed by atoms with van der Waals surface area (Å²) in [5.41, 5.74) is 0. The van der Waals surface area contributed by atoms with Gasteiger partial charge < -0.3 is 5.11 Å². The van der Waals surface area contributed by atoms with Crippen molar-refractivity contribution in [3.63, 3.8) is 0 Å². The first kappa shape index (κ1) is 9.96. The average Bonchev–Trinajstić information content (AvgIpc) is 2.05. The maximum absolute atomic E-state index is 9.09. The Bertz CT molecular complexity index is 126. The van der Waals surface area contributed by atoms with E-state index < -0.39 is 0 Å². The fourth-order valence-electron chi connectivity index (χ4n) is 1.91. The third kappa shape index (κ3) is 1.97. The molecular weight excluding hydrogens is 152 g/mol. The Balaban J connectivity index is 2.50. The molecule has 0 amide bonds. The van der Waals surface area contributed by atoms with Gasteiger partial charge in [-0.15, -0.1) is 0 Å². The number of hydrogen-bond donors (Lipinski definition) is 1. The van der Waals surface area contributed by atoms with Crippen molar-refractivity contribution in [2.45, 2.75) is 25.9 Å². The van der Waals surface area contributed by atoms with Gasteiger partial charge in [-0.1, -0.05) is 6.92 Å². The fraction of sp³-hybridized carbons (Fsp3) is 1.00. The molecule has 1 heterocycles. The third-order valence-electron chi connectivity index (χ3n) is 2.86. The second kappa shape index (κ2) is 4.21. The first-order valence-corrected chi connectivity index (χ1v) is 4.74. The highest BCUT2D eigenvalue weighted by atomic mass is 16.3. The molecule has 2 atom stereocenters. The summed E-state index contributed by atoms with van der Waals surface area (Å²) in [6.07, 6.45) is 0. The maximum atomic E-state index is 9.09. The van der Waals surface area contributed by atoms with Crippen molar-refractivity contribution in [3.05, 3.63) is 0 Å². The van der Waals surface area contributed by atoms with Gasteiger partial charge in [-0.05, 0) is 20.5 Å². The summed E-state index contributed by atoms with van der Waals surface area (Å²) in [6.45, 7) is 7.86. The molecule has 0 saturated carbocycles. The van der Waals surface area contributed by atoms with E-state index in [0.29, 0.717) is 12.1 Å². The van der Waals surface area contributed by atoms with Gasteiger partial charge in [0.1, 0.15) is 0 Å². The fourth-order valence-corrected chi connectivity index (χ4v) is 1.91. The van der Waals surface area contributed by atoms with E-state index in [4.69, 9.17) is 5.11 Å². The lowest BCUT2D eigenvalue weighted by molar-refractivity contribution is 0.0281. The maximum Gasteiger partial charge on any atom is 0.0599 e. The van der Waals surface area contributed by atoms with Gasteiger partial charge in [-0.3, -0.25) is 9.80 Å². The number of hydrogen-bond acceptors (Lipinski definition) is 3. The minimum atomic E-state index is 0.278. The lowest BCUT2D eigenvalue weighted by Crippen LogP contribution is -2.56. The van der Waals surface area contributed by atoms with Crippen LogP contribution in [0, 0.1) is 0 Å². The molecule has 3 heteroatoms. The van der Waals surface area contributed by atoms with Crippen LogP contribution in [0.1, 0.15) is 13.8 Å². The molecule has 1 rings (SSSR count). The highest BCUT2D eigenvalue weighted by molar-refractivity contribution is 4.83. The molecule has 1 saturated heterocycles. The predicted molar refractivity (Wildman–Crippen MR) is 50.2 cm³/mol. The molecule has 0 bridgehead atoms. The molecule has 0 aliphatic carbocycles. The minimum absolute atomic E-state index is 0.278. The molecule has 72 valence electrons. The summed E-state index contributed by atoms with van der Waals surface area (Å²) in [7, 11) is 2.09. The minimum Gasteiger partial charge on any atom is -0.395 e. The summed E-state index contributed by atoms with van der Waals surface area (Å²) in [5.74, 6) is 0. The van der Waals surface area contributed by atoms with Gasteiger partial charge in [-0.2, -0.15) is 0 Å². The highest BCUT2D eigenvalue weighted by Crippen LogP contribution is 2.12. The number of rotatable bonds is 2. The molecule has 1 aliphatic heterocycles. The van der Waals surface area contributed by atoms with Crippen LogP contribution in [0.15, 0.2) is 0 Å². The van der Waals surface area contributed by atoms with Gasteiger partial charge in [0, 0.05) is 25.2 Å². The molecule has 0 aromatic rings. The second-order valence-corrected chi connectivity index (χ2v) is 3.71. The van der Waals surface area contributed by atoms with E-state index in [1.807, 2.05) is 0 Å². The van der Waals surface area contributed by atoms with E-state index in [0.717, 1.165) is 19.6 Å². The molecule has 1 aliphatic rings. The summed E-state index contributed by atoms with van der Waals surface area (Å²) in [5, 5.41) is 9.09. The van der Waals surface area contributed by atoms with Crippen LogP contribution in [0.2, 0.25) is 0 Å². The quantitative estimate of drug-likeness (QED) is 0.635. The number of nitrogens with zero attached hydrogens (tertiary/aromatic N) is 2. The molecule has 3 nitrogen and oxygen atoms in total. The van der Waals surface area contributed by atoms with E-state index in [1.165, 1.54) is 0 Å². The molecule has 0 spiro atoms. The van der Waals surface area contributed by atoms with Gasteiger partial charge >= 0.3 is 0 Å². The van der Waals surface area contributed by atoms with Crippen molar-refractivity contribution < 1.29 is 5.11 Å². The molecule has 2 unspecified atom stereocenters. The van der Waals surface area contributed by atoms with Crippen LogP contribution in [0.25, 0.3) is 0 Å². The Kier molecular flexibility index (Phi) is 3.50. The molecule has 0 radical (unpaired) electrons. The molecule has 0 aromatic carbocycles. The predicted octanol–water partition coefficient (Wildman–Crippen LogP) is 0.00310. The first-order valence-electron chi connectivity index (χ1n) is 4.74. The van der Waals surface area contributed by atoms with E-state index in [2.05, 4.69) is 30.7 Å². The number of piperazine rings is 1. The van der Waals surface area contributed by atoms with Crippen molar-refractivity contribution >= 4 is 0 Å². The van der Waals surface area contributed by atoms with Gasteiger partial charge in [-0.25, -0.2) is 0 Å². The van der Waals surface area contributed by atoms with Crippen LogP contribution in [0.5, 0.6) is 0 Å². The number of aliphatic hydroxyl groups is 1. The Hall–Kier alpha value is -0.120. The van der Waals surface area contributed by atoms with E-state index in [-0.39, 0.29) is 6.61 Å². The van der Waals surface area contributed by atoms with Gasteiger partial charge in [0.25, 0.3) is 0 Å². The summed E-state index contributed by atoms with van der Waals surface area (Å²) < 4.78 is 0. The van der Waals surface area contributed by atoms with Crippen molar-refractivity contribution in [2.24, 2.45) is 0 Å². The smallest absolute Gasteiger partial charge is 0.0599 e. The van der Waals surface area contributed by atoms with Crippen LogP contribution in [0.4, 0.5) is 0 Å². The van der Waals surface area contributed by atoms with Crippen molar-refractivity contribution in [1.82, 2.24) is 9.80 Å². The zero-order valence-electron chi connectivity index (χ0n) is 8.32. The van der Waals surface area contributed by atoms with Gasteiger partial charge in [0.2, 0.25) is 0 Å². The Morgan fingerprint density at radius 1 is 1.42 bits per heavy atom. The SMILES string of the molecule is CCN1CC(CO)N(C)CC1C. The van der Waals surface area contributed by atoms with Gasteiger partial charge in [0.15, 0.2) is 0 Å². The summed E-state index contributed by atoms with van der Waals surface area (Å²) in [6, 6.07) is 0.962. The highest BCUT2D eigenvalue weighted by Gasteiger charge is 2.27. The van der Waals surface area contributed by atoms with E-state index in [1.54, 1.807) is 0 Å². The Morgan fingerprint density at radius 2 is 2.08 bits per heavy atom. The van der Waals surface area contributed by atoms with Crippen LogP contribution >= 0.6 is 0 Å². The van der Waals surface area contributed by atoms with Crippen molar-refractivity contribution in [3.8, 4) is 0 Å². The third-order valence-corrected chi connectivity index (χ3v) is 2.86. The largest absolute Gasteiger partial charge is 0.395 e. The van der Waals surface area contributed by atoms with Crippen LogP contribution in [-0.2, 0) is 0 Å². The van der Waals surface area contributed by atoms with E-state index in [9.17, 15) is 0 Å². The Labute approximate surface area is 75.0 Å². The first-order chi connectivity index (χ1) is 5.69. The average molecular weight is 172 g/mol. The second-order valence-electron chi connectivity index (χ2n) is 3.71. The Morgan fingerprint density at radius 3 is 2.58 bits per heavy atom. The molecule has 0 aromatic heterocycles. The van der Waals surface area contributed by atoms with Crippen LogP contribution < -0.4 is 0 Å². The van der Waals surface area contributed by atoms with Crippen LogP contribution in [-0.4, -0.2) is 60.3 Å². The zero-order chi connectivity index (χ0) is 9.14. The van der Waals surface area contributed by atoms with Crippen molar-refractivity contribution in [1.29, 1.82) is 0 Å². The summed E-state index contributed by atoms with van der Waals surface area (Å²) in [4.78, 5) is 4.66. The lowest BCUT2D eigenvalue weighted by Gasteiger charge is -2.42. The topological polar surface area (TPSA) is 26.7 Å². The number of likely N-dealkylation sites (N-methyl/N-ethyl adjacent to an activating group) is 2. The van der Waals surface area contributed by atoms with E-state index >= 15 is 0 Å². The zero-order valence-corrected chi connectivity index (χ0v) is 8.32. The molecule has 12 heavy (non-hydrogen) atoms. The van der Waals surface area contributed by atoms with Gasteiger partial charge in [0.05, 0.1) is 6.61 Å². The lowest BCUT2D eigenvalue weighted by atomic mass is 10.1. The monoisotopic (exact) mass is 172 g/mol. The van der Waals surface area contributed by atoms with Crippen LogP contribution in [0.3, 0.4) is 0 Å². The normalized spacial score (nSPS) is 34.0. The van der Waals surface area contributed by atoms with Crippen molar-refractivity contribution in [2.75, 3.05) is 33.3 Å². The molecule has 1 N–H and O–H groups in total. The summed E-state index contributed by atoms with van der Waals surface area (Å²) >= 11 is 0. The molecular formula is C9H20N2O. The standard InChI is InChI=1S/C9H20N2O/c1-4-11-6-9(7-12)10(3)5-8(11)2/h8-9,12H,4-7H2,1-3H3.